The number of alkyl halides is 1. The Morgan fingerprint density at radius 2 is 2.04 bits per heavy atom. The summed E-state index contributed by atoms with van der Waals surface area (Å²) < 4.78 is 0. The molecule has 0 aromatic heterocycles. The van der Waals surface area contributed by atoms with E-state index >= 15 is 0 Å². The zero-order chi connectivity index (χ0) is 16.6. The molecule has 3 rings (SSSR count). The van der Waals surface area contributed by atoms with Gasteiger partial charge < -0.3 is 10.4 Å². The van der Waals surface area contributed by atoms with Gasteiger partial charge in [0, 0.05) is 11.4 Å². The van der Waals surface area contributed by atoms with Crippen molar-refractivity contribution in [1.82, 2.24) is 10.2 Å². The monoisotopic (exact) mass is 352 g/mol. The average molecular weight is 353 g/mol. The highest BCUT2D eigenvalue weighted by atomic mass is 35.5. The van der Waals surface area contributed by atoms with E-state index in [4.69, 9.17) is 28.9 Å². The van der Waals surface area contributed by atoms with Crippen LogP contribution in [0.1, 0.15) is 35.2 Å². The topological polar surface area (TPSA) is 69.6 Å². The first-order chi connectivity index (χ1) is 11.0. The minimum atomic E-state index is -0.969. The lowest BCUT2D eigenvalue weighted by Gasteiger charge is -2.42. The molecule has 7 heteroatoms. The summed E-state index contributed by atoms with van der Waals surface area (Å²) in [7, 11) is 0. The van der Waals surface area contributed by atoms with Crippen LogP contribution in [0.3, 0.4) is 0 Å². The van der Waals surface area contributed by atoms with Crippen molar-refractivity contribution in [3.05, 3.63) is 35.4 Å². The van der Waals surface area contributed by atoms with Gasteiger partial charge in [-0.2, -0.15) is 0 Å². The molecule has 1 saturated carbocycles. The number of amides is 1. The third-order valence-electron chi connectivity index (χ3n) is 4.47. The Hall–Kier alpha value is -1.66. The highest BCUT2D eigenvalue weighted by molar-refractivity contribution is 7.80. The number of carbonyl (C=O) groups excluding carboxylic acids is 1. The summed E-state index contributed by atoms with van der Waals surface area (Å²) in [5.41, 5.74) is 1.07. The van der Waals surface area contributed by atoms with Crippen LogP contribution in [0.25, 0.3) is 0 Å². The molecule has 122 valence electrons. The fourth-order valence-electron chi connectivity index (χ4n) is 3.20. The van der Waals surface area contributed by atoms with Gasteiger partial charge in [0.1, 0.15) is 0 Å². The quantitative estimate of drug-likeness (QED) is 0.645. The molecule has 1 aliphatic carbocycles. The summed E-state index contributed by atoms with van der Waals surface area (Å²) >= 11 is 11.5. The summed E-state index contributed by atoms with van der Waals surface area (Å²) in [5, 5.41) is 12.7. The zero-order valence-electron chi connectivity index (χ0n) is 12.4. The minimum Gasteiger partial charge on any atom is -0.478 e. The smallest absolute Gasteiger partial charge is 0.335 e. The van der Waals surface area contributed by atoms with Crippen molar-refractivity contribution in [2.45, 2.75) is 37.2 Å². The highest BCUT2D eigenvalue weighted by Crippen LogP contribution is 2.32. The van der Waals surface area contributed by atoms with Crippen molar-refractivity contribution < 1.29 is 14.7 Å². The van der Waals surface area contributed by atoms with E-state index in [1.807, 2.05) is 0 Å². The maximum Gasteiger partial charge on any atom is 0.335 e. The molecule has 23 heavy (non-hydrogen) atoms. The number of halogens is 1. The molecule has 1 saturated heterocycles. The van der Waals surface area contributed by atoms with Gasteiger partial charge in [-0.05, 0) is 49.2 Å². The number of nitrogens with zero attached hydrogens (tertiary/aromatic N) is 1. The van der Waals surface area contributed by atoms with Crippen LogP contribution >= 0.6 is 23.8 Å². The summed E-state index contributed by atoms with van der Waals surface area (Å²) in [6.45, 7) is 0.345. The van der Waals surface area contributed by atoms with Crippen LogP contribution < -0.4 is 5.32 Å². The van der Waals surface area contributed by atoms with E-state index in [1.54, 1.807) is 17.0 Å². The molecule has 3 atom stereocenters. The van der Waals surface area contributed by atoms with Gasteiger partial charge in [0.05, 0.1) is 18.0 Å². The predicted molar refractivity (Wildman–Crippen MR) is 90.5 cm³/mol. The predicted octanol–water partition coefficient (Wildman–Crippen LogP) is 2.38. The molecule has 1 aromatic rings. The van der Waals surface area contributed by atoms with Crippen LogP contribution in [0.2, 0.25) is 0 Å². The van der Waals surface area contributed by atoms with Crippen LogP contribution in [0.5, 0.6) is 0 Å². The summed E-state index contributed by atoms with van der Waals surface area (Å²) in [4.78, 5) is 25.2. The molecule has 2 N–H and O–H groups in total. The summed E-state index contributed by atoms with van der Waals surface area (Å²) in [6.07, 6.45) is 2.35. The molecule has 1 heterocycles. The number of hydrogen-bond acceptors (Lipinski definition) is 3. The number of hydrogen-bond donors (Lipinski definition) is 2. The number of rotatable bonds is 3. The number of carbonyl (C=O) groups is 2. The number of carboxylic acid groups (broad SMARTS) is 1. The molecule has 1 aromatic carbocycles. The minimum absolute atomic E-state index is 0.0249. The zero-order valence-corrected chi connectivity index (χ0v) is 13.9. The van der Waals surface area contributed by atoms with E-state index in [1.165, 1.54) is 12.1 Å². The maximum absolute atomic E-state index is 12.7. The maximum atomic E-state index is 12.7. The highest BCUT2D eigenvalue weighted by Gasteiger charge is 2.42. The Balaban J connectivity index is 1.73. The Labute approximate surface area is 144 Å². The van der Waals surface area contributed by atoms with Crippen LogP contribution in [-0.2, 0) is 11.3 Å². The fourth-order valence-corrected chi connectivity index (χ4v) is 3.82. The summed E-state index contributed by atoms with van der Waals surface area (Å²) in [5.74, 6) is -1.02. The van der Waals surface area contributed by atoms with E-state index < -0.39 is 5.97 Å². The van der Waals surface area contributed by atoms with Gasteiger partial charge in [0.2, 0.25) is 5.91 Å². The number of benzene rings is 1. The van der Waals surface area contributed by atoms with Crippen molar-refractivity contribution in [3.63, 3.8) is 0 Å². The van der Waals surface area contributed by atoms with Crippen LogP contribution in [0.15, 0.2) is 24.3 Å². The SMILES string of the molecule is O=C(O)c1ccc(CN2C(=O)C3CCC(Cl)CC3NC2=S)cc1. The second kappa shape index (κ2) is 6.45. The van der Waals surface area contributed by atoms with Gasteiger partial charge in [-0.3, -0.25) is 9.69 Å². The van der Waals surface area contributed by atoms with Crippen molar-refractivity contribution >= 4 is 40.8 Å². The standard InChI is InChI=1S/C16H17ClN2O3S/c17-11-5-6-12-13(7-11)18-16(23)19(14(12)20)8-9-1-3-10(4-2-9)15(21)22/h1-4,11-13H,5-8H2,(H,18,23)(H,21,22). The Morgan fingerprint density at radius 1 is 1.35 bits per heavy atom. The number of carboxylic acids is 1. The first kappa shape index (κ1) is 16.2. The molecule has 5 nitrogen and oxygen atoms in total. The van der Waals surface area contributed by atoms with Crippen LogP contribution in [0, 0.1) is 5.92 Å². The van der Waals surface area contributed by atoms with E-state index in [0.29, 0.717) is 11.7 Å². The number of thiocarbonyl (C=S) groups is 1. The summed E-state index contributed by atoms with van der Waals surface area (Å²) in [6, 6.07) is 6.51. The van der Waals surface area contributed by atoms with Crippen LogP contribution in [-0.4, -0.2) is 38.4 Å². The van der Waals surface area contributed by atoms with Gasteiger partial charge in [0.15, 0.2) is 5.11 Å². The number of aromatic carboxylic acids is 1. The lowest BCUT2D eigenvalue weighted by molar-refractivity contribution is -0.135. The number of nitrogens with one attached hydrogen (secondary N) is 1. The molecule has 0 bridgehead atoms. The van der Waals surface area contributed by atoms with Crippen molar-refractivity contribution in [2.75, 3.05) is 0 Å². The second-order valence-electron chi connectivity index (χ2n) is 6.00. The molecular formula is C16H17ClN2O3S. The average Bonchev–Trinajstić information content (AvgIpc) is 2.51. The third kappa shape index (κ3) is 3.33. The molecule has 0 radical (unpaired) electrons. The van der Waals surface area contributed by atoms with E-state index in [2.05, 4.69) is 5.32 Å². The molecule has 1 aliphatic heterocycles. The van der Waals surface area contributed by atoms with Gasteiger partial charge in [-0.15, -0.1) is 11.6 Å². The van der Waals surface area contributed by atoms with Gasteiger partial charge >= 0.3 is 5.97 Å². The second-order valence-corrected chi connectivity index (χ2v) is 7.00. The van der Waals surface area contributed by atoms with E-state index in [-0.39, 0.29) is 28.8 Å². The normalized spacial score (nSPS) is 27.3. The largest absolute Gasteiger partial charge is 0.478 e. The Morgan fingerprint density at radius 3 is 2.70 bits per heavy atom. The van der Waals surface area contributed by atoms with Crippen molar-refractivity contribution in [1.29, 1.82) is 0 Å². The van der Waals surface area contributed by atoms with Crippen molar-refractivity contribution in [3.8, 4) is 0 Å². The Bertz CT molecular complexity index is 649. The first-order valence-electron chi connectivity index (χ1n) is 7.54. The molecule has 1 amide bonds. The lowest BCUT2D eigenvalue weighted by atomic mass is 9.82. The van der Waals surface area contributed by atoms with Crippen LogP contribution in [0.4, 0.5) is 0 Å². The van der Waals surface area contributed by atoms with Gasteiger partial charge in [-0.1, -0.05) is 12.1 Å². The first-order valence-corrected chi connectivity index (χ1v) is 8.38. The van der Waals surface area contributed by atoms with Gasteiger partial charge in [-0.25, -0.2) is 4.79 Å². The molecule has 3 unspecified atom stereocenters. The van der Waals surface area contributed by atoms with Crippen molar-refractivity contribution in [2.24, 2.45) is 5.92 Å². The third-order valence-corrected chi connectivity index (χ3v) is 5.20. The van der Waals surface area contributed by atoms with Gasteiger partial charge in [0.25, 0.3) is 0 Å². The molecule has 0 spiro atoms. The number of fused-ring (bicyclic) bond motifs is 1. The van der Waals surface area contributed by atoms with E-state index in [0.717, 1.165) is 24.8 Å². The molecule has 2 aliphatic rings. The van der Waals surface area contributed by atoms with E-state index in [9.17, 15) is 9.59 Å². The lowest BCUT2D eigenvalue weighted by Crippen LogP contribution is -2.61. The fraction of sp³-hybridized carbons (Fsp3) is 0.438. The molecular weight excluding hydrogens is 336 g/mol. The molecule has 2 fully saturated rings. The Kier molecular flexibility index (Phi) is 4.55.